The number of aromatic amines is 1. The van der Waals surface area contributed by atoms with Gasteiger partial charge in [-0.1, -0.05) is 20.8 Å². The number of fused-ring (bicyclic) bond motifs is 1. The first kappa shape index (κ1) is 11.3. The molecule has 0 aliphatic rings. The van der Waals surface area contributed by atoms with Crippen LogP contribution in [0.15, 0.2) is 18.3 Å². The number of pyridine rings is 1. The zero-order valence-electron chi connectivity index (χ0n) is 9.95. The van der Waals surface area contributed by atoms with E-state index in [1.54, 1.807) is 6.20 Å². The second kappa shape index (κ2) is 4.01. The van der Waals surface area contributed by atoms with Crippen molar-refractivity contribution in [3.63, 3.8) is 0 Å². The molecule has 2 aromatic heterocycles. The lowest BCUT2D eigenvalue weighted by atomic mass is 9.90. The number of imidazole rings is 1. The molecule has 0 bridgehead atoms. The Morgan fingerprint density at radius 3 is 2.94 bits per heavy atom. The average Bonchev–Trinajstić information content (AvgIpc) is 2.56. The van der Waals surface area contributed by atoms with Gasteiger partial charge in [0.15, 0.2) is 10.4 Å². The topological polar surface area (TPSA) is 33.6 Å². The molecule has 2 rings (SSSR count). The Balaban J connectivity index is 2.52. The number of aromatic nitrogens is 3. The van der Waals surface area contributed by atoms with Gasteiger partial charge in [0.05, 0.1) is 5.52 Å². The maximum Gasteiger partial charge on any atom is 0.179 e. The van der Waals surface area contributed by atoms with E-state index in [0.29, 0.717) is 0 Å². The van der Waals surface area contributed by atoms with Crippen LogP contribution < -0.4 is 0 Å². The van der Waals surface area contributed by atoms with Crippen LogP contribution in [0.5, 0.6) is 0 Å². The quantitative estimate of drug-likeness (QED) is 0.826. The first-order chi connectivity index (χ1) is 7.53. The molecule has 0 amide bonds. The van der Waals surface area contributed by atoms with Gasteiger partial charge in [-0.2, -0.15) is 0 Å². The molecule has 2 heterocycles. The molecule has 0 saturated carbocycles. The average molecular weight is 235 g/mol. The van der Waals surface area contributed by atoms with Crippen molar-refractivity contribution >= 4 is 23.4 Å². The summed E-state index contributed by atoms with van der Waals surface area (Å²) in [6.45, 7) is 7.60. The summed E-state index contributed by atoms with van der Waals surface area (Å²) in [5.74, 6) is 0. The van der Waals surface area contributed by atoms with Crippen molar-refractivity contribution < 1.29 is 0 Å². The first-order valence-electron chi connectivity index (χ1n) is 5.57. The minimum absolute atomic E-state index is 0.241. The number of nitrogens with zero attached hydrogens (tertiary/aromatic N) is 2. The van der Waals surface area contributed by atoms with Crippen LogP contribution in [0.4, 0.5) is 0 Å². The number of rotatable bonds is 3. The summed E-state index contributed by atoms with van der Waals surface area (Å²) in [6, 6.07) is 3.93. The molecule has 4 heteroatoms. The summed E-state index contributed by atoms with van der Waals surface area (Å²) >= 11 is 5.34. The Kier molecular flexibility index (Phi) is 2.84. The van der Waals surface area contributed by atoms with Crippen molar-refractivity contribution in [1.29, 1.82) is 0 Å². The van der Waals surface area contributed by atoms with E-state index in [0.717, 1.165) is 28.9 Å². The third-order valence-corrected chi connectivity index (χ3v) is 3.39. The number of nitrogens with one attached hydrogen (secondary N) is 1. The van der Waals surface area contributed by atoms with E-state index in [9.17, 15) is 0 Å². The van der Waals surface area contributed by atoms with E-state index in [2.05, 4.69) is 35.3 Å². The molecule has 0 aromatic carbocycles. The molecular weight excluding hydrogens is 218 g/mol. The van der Waals surface area contributed by atoms with E-state index in [1.807, 2.05) is 12.1 Å². The van der Waals surface area contributed by atoms with Crippen LogP contribution >= 0.6 is 12.2 Å². The predicted molar refractivity (Wildman–Crippen MR) is 69.0 cm³/mol. The monoisotopic (exact) mass is 235 g/mol. The van der Waals surface area contributed by atoms with E-state index in [1.165, 1.54) is 0 Å². The van der Waals surface area contributed by atoms with Crippen LogP contribution in [0.2, 0.25) is 0 Å². The van der Waals surface area contributed by atoms with Crippen molar-refractivity contribution in [2.24, 2.45) is 5.41 Å². The lowest BCUT2D eigenvalue weighted by Gasteiger charge is -2.23. The predicted octanol–water partition coefficient (Wildman–Crippen LogP) is 3.53. The fourth-order valence-corrected chi connectivity index (χ4v) is 1.94. The van der Waals surface area contributed by atoms with Crippen molar-refractivity contribution in [3.05, 3.63) is 23.1 Å². The number of hydrogen-bond donors (Lipinski definition) is 1. The molecule has 0 unspecified atom stereocenters. The van der Waals surface area contributed by atoms with Gasteiger partial charge < -0.3 is 9.55 Å². The molecule has 0 radical (unpaired) electrons. The van der Waals surface area contributed by atoms with Crippen molar-refractivity contribution in [2.45, 2.75) is 33.7 Å². The Bertz CT molecular complexity index is 551. The summed E-state index contributed by atoms with van der Waals surface area (Å²) in [4.78, 5) is 7.57. The second-order valence-corrected chi connectivity index (χ2v) is 5.30. The van der Waals surface area contributed by atoms with Gasteiger partial charge in [0.25, 0.3) is 0 Å². The summed E-state index contributed by atoms with van der Waals surface area (Å²) < 4.78 is 2.85. The highest BCUT2D eigenvalue weighted by Gasteiger charge is 2.18. The fraction of sp³-hybridized carbons (Fsp3) is 0.500. The Labute approximate surface area is 101 Å². The third kappa shape index (κ3) is 2.02. The largest absolute Gasteiger partial charge is 0.329 e. The molecule has 86 valence electrons. The highest BCUT2D eigenvalue weighted by molar-refractivity contribution is 7.71. The van der Waals surface area contributed by atoms with E-state index < -0.39 is 0 Å². The Morgan fingerprint density at radius 1 is 1.50 bits per heavy atom. The highest BCUT2D eigenvalue weighted by atomic mass is 32.1. The molecular formula is C12H17N3S. The van der Waals surface area contributed by atoms with Crippen LogP contribution in [0.25, 0.3) is 11.2 Å². The lowest BCUT2D eigenvalue weighted by Crippen LogP contribution is -2.18. The maximum atomic E-state index is 5.34. The van der Waals surface area contributed by atoms with Crippen molar-refractivity contribution in [2.75, 3.05) is 0 Å². The minimum Gasteiger partial charge on any atom is -0.329 e. The first-order valence-corrected chi connectivity index (χ1v) is 5.98. The van der Waals surface area contributed by atoms with Crippen LogP contribution in [-0.2, 0) is 6.54 Å². The van der Waals surface area contributed by atoms with Gasteiger partial charge in [-0.15, -0.1) is 0 Å². The SMILES string of the molecule is CCC(C)(C)Cn1c(=S)[nH]c2cccnc21. The molecule has 0 fully saturated rings. The van der Waals surface area contributed by atoms with Crippen LogP contribution in [0.1, 0.15) is 27.2 Å². The van der Waals surface area contributed by atoms with E-state index in [4.69, 9.17) is 12.2 Å². The summed E-state index contributed by atoms with van der Waals surface area (Å²) in [5.41, 5.74) is 2.21. The van der Waals surface area contributed by atoms with Crippen LogP contribution in [-0.4, -0.2) is 14.5 Å². The number of H-pyrrole nitrogens is 1. The molecule has 16 heavy (non-hydrogen) atoms. The normalized spacial score (nSPS) is 12.2. The van der Waals surface area contributed by atoms with Gasteiger partial charge in [0.1, 0.15) is 0 Å². The van der Waals surface area contributed by atoms with Gasteiger partial charge in [-0.3, -0.25) is 0 Å². The van der Waals surface area contributed by atoms with Gasteiger partial charge >= 0.3 is 0 Å². The molecule has 0 aliphatic carbocycles. The highest BCUT2D eigenvalue weighted by Crippen LogP contribution is 2.24. The van der Waals surface area contributed by atoms with Crippen molar-refractivity contribution in [1.82, 2.24) is 14.5 Å². The standard InChI is InChI=1S/C12H17N3S/c1-4-12(2,3)8-15-10-9(14-11(15)16)6-5-7-13-10/h5-7H,4,8H2,1-3H3,(H,14,16). The second-order valence-electron chi connectivity index (χ2n) is 4.91. The Hall–Kier alpha value is -1.16. The summed E-state index contributed by atoms with van der Waals surface area (Å²) in [6.07, 6.45) is 2.93. The molecule has 0 saturated heterocycles. The molecule has 1 N–H and O–H groups in total. The molecule has 2 aromatic rings. The smallest absolute Gasteiger partial charge is 0.179 e. The van der Waals surface area contributed by atoms with E-state index >= 15 is 0 Å². The zero-order chi connectivity index (χ0) is 11.8. The van der Waals surface area contributed by atoms with E-state index in [-0.39, 0.29) is 5.41 Å². The van der Waals surface area contributed by atoms with Crippen molar-refractivity contribution in [3.8, 4) is 0 Å². The van der Waals surface area contributed by atoms with Gasteiger partial charge in [-0.05, 0) is 36.2 Å². The summed E-state index contributed by atoms with van der Waals surface area (Å²) in [7, 11) is 0. The maximum absolute atomic E-state index is 5.34. The van der Waals surface area contributed by atoms with Gasteiger partial charge in [-0.25, -0.2) is 4.98 Å². The third-order valence-electron chi connectivity index (χ3n) is 3.07. The fourth-order valence-electron chi connectivity index (χ4n) is 1.68. The Morgan fingerprint density at radius 2 is 2.25 bits per heavy atom. The van der Waals surface area contributed by atoms with Gasteiger partial charge in [0, 0.05) is 12.7 Å². The van der Waals surface area contributed by atoms with Gasteiger partial charge in [0.2, 0.25) is 0 Å². The van der Waals surface area contributed by atoms with Crippen LogP contribution in [0.3, 0.4) is 0 Å². The molecule has 0 spiro atoms. The minimum atomic E-state index is 0.241. The zero-order valence-corrected chi connectivity index (χ0v) is 10.8. The molecule has 0 aliphatic heterocycles. The van der Waals surface area contributed by atoms with Crippen LogP contribution in [0, 0.1) is 10.2 Å². The lowest BCUT2D eigenvalue weighted by molar-refractivity contribution is 0.296. The molecule has 3 nitrogen and oxygen atoms in total. The molecule has 0 atom stereocenters. The number of hydrogen-bond acceptors (Lipinski definition) is 2. The summed E-state index contributed by atoms with van der Waals surface area (Å²) in [5, 5.41) is 0.